The number of hydrogen-bond donors (Lipinski definition) is 3. The highest BCUT2D eigenvalue weighted by molar-refractivity contribution is 7.92. The quantitative estimate of drug-likeness (QED) is 0.228. The largest absolute Gasteiger partial charge is 0.462 e. The number of anilines is 1. The fourth-order valence-electron chi connectivity index (χ4n) is 3.32. The molecular formula is C20H16N4O7S. The van der Waals surface area contributed by atoms with Crippen LogP contribution in [-0.2, 0) is 14.8 Å². The van der Waals surface area contributed by atoms with Gasteiger partial charge < -0.3 is 14.7 Å². The number of hydrogen-bond acceptors (Lipinski definition) is 7. The van der Waals surface area contributed by atoms with Gasteiger partial charge in [-0.05, 0) is 37.3 Å². The zero-order valence-corrected chi connectivity index (χ0v) is 17.4. The average Bonchev–Trinajstić information content (AvgIpc) is 3.21. The molecule has 0 aliphatic heterocycles. The van der Waals surface area contributed by atoms with Gasteiger partial charge in [0.2, 0.25) is 0 Å². The van der Waals surface area contributed by atoms with Gasteiger partial charge in [-0.3, -0.25) is 19.6 Å². The highest BCUT2D eigenvalue weighted by Crippen LogP contribution is 2.29. The molecule has 11 nitrogen and oxygen atoms in total. The lowest BCUT2D eigenvalue weighted by molar-refractivity contribution is -0.384. The normalized spacial score (nSPS) is 11.5. The van der Waals surface area contributed by atoms with Crippen LogP contribution in [0.1, 0.15) is 17.3 Å². The molecule has 164 valence electrons. The van der Waals surface area contributed by atoms with Gasteiger partial charge in [0.15, 0.2) is 0 Å². The van der Waals surface area contributed by atoms with Crippen molar-refractivity contribution in [1.29, 1.82) is 0 Å². The van der Waals surface area contributed by atoms with Crippen LogP contribution in [0.25, 0.3) is 21.8 Å². The molecule has 0 saturated carbocycles. The van der Waals surface area contributed by atoms with Gasteiger partial charge in [-0.2, -0.15) is 0 Å². The Morgan fingerprint density at radius 2 is 1.91 bits per heavy atom. The summed E-state index contributed by atoms with van der Waals surface area (Å²) in [4.78, 5) is 40.1. The van der Waals surface area contributed by atoms with E-state index in [1.165, 1.54) is 24.4 Å². The summed E-state index contributed by atoms with van der Waals surface area (Å²) in [7, 11) is -4.05. The summed E-state index contributed by atoms with van der Waals surface area (Å²) in [6.07, 6.45) is 1.37. The van der Waals surface area contributed by atoms with Crippen molar-refractivity contribution < 1.29 is 22.9 Å². The van der Waals surface area contributed by atoms with Crippen molar-refractivity contribution in [2.45, 2.75) is 11.8 Å². The average molecular weight is 456 g/mol. The van der Waals surface area contributed by atoms with Crippen molar-refractivity contribution >= 4 is 49.2 Å². The van der Waals surface area contributed by atoms with Crippen molar-refractivity contribution in [2.75, 3.05) is 11.3 Å². The van der Waals surface area contributed by atoms with Gasteiger partial charge in [-0.1, -0.05) is 0 Å². The van der Waals surface area contributed by atoms with Gasteiger partial charge in [-0.25, -0.2) is 13.2 Å². The molecule has 0 aliphatic carbocycles. The number of nitro groups is 1. The molecule has 2 aromatic carbocycles. The van der Waals surface area contributed by atoms with E-state index in [1.54, 1.807) is 6.92 Å². The number of carbonyl (C=O) groups is 1. The van der Waals surface area contributed by atoms with Gasteiger partial charge in [0.05, 0.1) is 22.0 Å². The number of sulfonamides is 1. The maximum Gasteiger partial charge on any atom is 0.340 e. The molecule has 0 saturated heterocycles. The fourth-order valence-corrected chi connectivity index (χ4v) is 4.37. The molecule has 4 rings (SSSR count). The second-order valence-corrected chi connectivity index (χ2v) is 8.43. The predicted octanol–water partition coefficient (Wildman–Crippen LogP) is 2.90. The van der Waals surface area contributed by atoms with E-state index in [1.807, 2.05) is 0 Å². The number of carbonyl (C=O) groups excluding carboxylic acids is 1. The third-order valence-corrected chi connectivity index (χ3v) is 6.15. The number of esters is 1. The van der Waals surface area contributed by atoms with E-state index < -0.39 is 26.5 Å². The molecular weight excluding hydrogens is 440 g/mol. The monoisotopic (exact) mass is 456 g/mol. The molecule has 12 heteroatoms. The van der Waals surface area contributed by atoms with Crippen LogP contribution in [0.5, 0.6) is 0 Å². The Hall–Kier alpha value is -4.19. The first kappa shape index (κ1) is 21.1. The number of rotatable bonds is 6. The molecule has 0 bridgehead atoms. The van der Waals surface area contributed by atoms with E-state index in [0.29, 0.717) is 16.3 Å². The Balaban J connectivity index is 1.80. The SMILES string of the molecule is CCOC(=O)c1c[nH]c2c(=O)[nH]c3ccc(NS(=O)(=O)c4ccc([N+](=O)[O-])cc4)cc3c12. The summed E-state index contributed by atoms with van der Waals surface area (Å²) in [6, 6.07) is 8.87. The van der Waals surface area contributed by atoms with Crippen molar-refractivity contribution in [3.05, 3.63) is 74.7 Å². The maximum atomic E-state index is 12.7. The van der Waals surface area contributed by atoms with Crippen molar-refractivity contribution in [3.8, 4) is 0 Å². The third kappa shape index (κ3) is 3.67. The number of fused-ring (bicyclic) bond motifs is 3. The lowest BCUT2D eigenvalue weighted by atomic mass is 10.1. The number of ether oxygens (including phenoxy) is 1. The molecule has 0 atom stereocenters. The van der Waals surface area contributed by atoms with E-state index in [-0.39, 0.29) is 34.0 Å². The second-order valence-electron chi connectivity index (χ2n) is 6.74. The number of nitrogens with one attached hydrogen (secondary N) is 3. The van der Waals surface area contributed by atoms with Gasteiger partial charge in [0, 0.05) is 40.3 Å². The van der Waals surface area contributed by atoms with Gasteiger partial charge in [0.25, 0.3) is 21.3 Å². The number of non-ortho nitro benzene ring substituents is 1. The molecule has 0 unspecified atom stereocenters. The lowest BCUT2D eigenvalue weighted by Gasteiger charge is -2.10. The van der Waals surface area contributed by atoms with Crippen LogP contribution >= 0.6 is 0 Å². The van der Waals surface area contributed by atoms with Gasteiger partial charge >= 0.3 is 5.97 Å². The van der Waals surface area contributed by atoms with E-state index >= 15 is 0 Å². The standard InChI is InChI=1S/C20H16N4O7S/c1-2-31-20(26)15-10-21-18-17(15)14-9-11(3-8-16(14)22-19(18)25)23-32(29,30)13-6-4-12(5-7-13)24(27)28/h3-10,21,23H,2H2,1H3,(H,22,25). The molecule has 0 fully saturated rings. The Morgan fingerprint density at radius 1 is 1.19 bits per heavy atom. The van der Waals surface area contributed by atoms with Crippen LogP contribution in [0.2, 0.25) is 0 Å². The highest BCUT2D eigenvalue weighted by atomic mass is 32.2. The number of aromatic nitrogens is 2. The smallest absolute Gasteiger partial charge is 0.340 e. The summed E-state index contributed by atoms with van der Waals surface area (Å²) in [5.74, 6) is -0.623. The van der Waals surface area contributed by atoms with Crippen LogP contribution in [0.15, 0.2) is 58.4 Å². The minimum Gasteiger partial charge on any atom is -0.462 e. The molecule has 3 N–H and O–H groups in total. The lowest BCUT2D eigenvalue weighted by Crippen LogP contribution is -2.13. The molecule has 2 aromatic heterocycles. The number of nitro benzene ring substituents is 1. The fraction of sp³-hybridized carbons (Fsp3) is 0.100. The van der Waals surface area contributed by atoms with Gasteiger partial charge in [0.1, 0.15) is 5.52 Å². The molecule has 0 radical (unpaired) electrons. The van der Waals surface area contributed by atoms with Crippen LogP contribution in [0, 0.1) is 10.1 Å². The number of pyridine rings is 1. The molecule has 0 spiro atoms. The molecule has 2 heterocycles. The topological polar surface area (TPSA) is 164 Å². The Labute approximate surface area is 180 Å². The Kier molecular flexibility index (Phi) is 5.14. The molecule has 0 amide bonds. The molecule has 0 aliphatic rings. The first-order chi connectivity index (χ1) is 15.2. The van der Waals surface area contributed by atoms with Gasteiger partial charge in [-0.15, -0.1) is 0 Å². The minimum atomic E-state index is -4.05. The predicted molar refractivity (Wildman–Crippen MR) is 116 cm³/mol. The Bertz CT molecular complexity index is 1540. The summed E-state index contributed by atoms with van der Waals surface area (Å²) in [5.41, 5.74) is 0.178. The van der Waals surface area contributed by atoms with Crippen LogP contribution in [0.3, 0.4) is 0 Å². The second kappa shape index (κ2) is 7.81. The number of H-pyrrole nitrogens is 2. The number of nitrogens with zero attached hydrogens (tertiary/aromatic N) is 1. The first-order valence-corrected chi connectivity index (χ1v) is 10.8. The van der Waals surface area contributed by atoms with Crippen LogP contribution in [0.4, 0.5) is 11.4 Å². The summed E-state index contributed by atoms with van der Waals surface area (Å²) < 4.78 is 32.9. The first-order valence-electron chi connectivity index (χ1n) is 9.33. The molecule has 32 heavy (non-hydrogen) atoms. The summed E-state index contributed by atoms with van der Waals surface area (Å²) >= 11 is 0. The van der Waals surface area contributed by atoms with E-state index in [0.717, 1.165) is 24.3 Å². The zero-order valence-electron chi connectivity index (χ0n) is 16.5. The van der Waals surface area contributed by atoms with E-state index in [4.69, 9.17) is 4.74 Å². The molecule has 4 aromatic rings. The Morgan fingerprint density at radius 3 is 2.56 bits per heavy atom. The summed E-state index contributed by atoms with van der Waals surface area (Å²) in [6.45, 7) is 1.80. The number of aromatic amines is 2. The van der Waals surface area contributed by atoms with Crippen LogP contribution in [-0.4, -0.2) is 35.9 Å². The van der Waals surface area contributed by atoms with E-state index in [2.05, 4.69) is 14.7 Å². The summed E-state index contributed by atoms with van der Waals surface area (Å²) in [5, 5.41) is 11.5. The van der Waals surface area contributed by atoms with Crippen molar-refractivity contribution in [1.82, 2.24) is 9.97 Å². The maximum absolute atomic E-state index is 12.7. The zero-order chi connectivity index (χ0) is 23.0. The van der Waals surface area contributed by atoms with Crippen LogP contribution < -0.4 is 10.3 Å². The third-order valence-electron chi connectivity index (χ3n) is 4.75. The van der Waals surface area contributed by atoms with E-state index in [9.17, 15) is 28.1 Å². The van der Waals surface area contributed by atoms with Crippen molar-refractivity contribution in [3.63, 3.8) is 0 Å². The number of benzene rings is 2. The van der Waals surface area contributed by atoms with Crippen molar-refractivity contribution in [2.24, 2.45) is 0 Å². The highest BCUT2D eigenvalue weighted by Gasteiger charge is 2.20. The minimum absolute atomic E-state index is 0.146.